The van der Waals surface area contributed by atoms with Crippen LogP contribution in [0, 0.1) is 5.82 Å². The highest BCUT2D eigenvalue weighted by Crippen LogP contribution is 2.42. The number of hydrogen-bond donors (Lipinski definition) is 1. The first-order chi connectivity index (χ1) is 13.1. The maximum atomic E-state index is 13.0. The van der Waals surface area contributed by atoms with Gasteiger partial charge in [0.15, 0.2) is 11.5 Å². The standard InChI is InChI=1S/C21H18FNO3S/c1-25-19-10-14(16-11-20(24)23-17-8-9-27-21(16)17)4-7-18(19)26-12-13-2-5-15(22)6-3-13/h2-10,16H,11-12H2,1H3,(H,23,24). The van der Waals surface area contributed by atoms with Gasteiger partial charge in [0.1, 0.15) is 12.4 Å². The molecule has 1 aliphatic heterocycles. The lowest BCUT2D eigenvalue weighted by molar-refractivity contribution is -0.116. The van der Waals surface area contributed by atoms with Crippen molar-refractivity contribution < 1.29 is 18.7 Å². The molecule has 27 heavy (non-hydrogen) atoms. The number of carbonyl (C=O) groups excluding carboxylic acids is 1. The number of methoxy groups -OCH3 is 1. The Morgan fingerprint density at radius 3 is 2.74 bits per heavy atom. The van der Waals surface area contributed by atoms with Crippen molar-refractivity contribution in [2.24, 2.45) is 0 Å². The van der Waals surface area contributed by atoms with E-state index < -0.39 is 0 Å². The molecule has 6 heteroatoms. The highest BCUT2D eigenvalue weighted by molar-refractivity contribution is 7.10. The van der Waals surface area contributed by atoms with Crippen LogP contribution >= 0.6 is 11.3 Å². The van der Waals surface area contributed by atoms with Crippen LogP contribution < -0.4 is 14.8 Å². The first kappa shape index (κ1) is 17.5. The van der Waals surface area contributed by atoms with Gasteiger partial charge in [-0.05, 0) is 46.8 Å². The lowest BCUT2D eigenvalue weighted by atomic mass is 9.90. The number of hydrogen-bond acceptors (Lipinski definition) is 4. The Kier molecular flexibility index (Phi) is 4.81. The van der Waals surface area contributed by atoms with Gasteiger partial charge < -0.3 is 14.8 Å². The number of rotatable bonds is 5. The number of fused-ring (bicyclic) bond motifs is 1. The zero-order valence-electron chi connectivity index (χ0n) is 14.7. The number of thiophene rings is 1. The molecule has 1 unspecified atom stereocenters. The van der Waals surface area contributed by atoms with Gasteiger partial charge in [0, 0.05) is 17.2 Å². The van der Waals surface area contributed by atoms with Crippen LogP contribution in [0.1, 0.15) is 28.3 Å². The molecule has 138 valence electrons. The number of ether oxygens (including phenoxy) is 2. The van der Waals surface area contributed by atoms with Crippen LogP contribution in [0.3, 0.4) is 0 Å². The summed E-state index contributed by atoms with van der Waals surface area (Å²) >= 11 is 1.64. The lowest BCUT2D eigenvalue weighted by Gasteiger charge is -2.23. The van der Waals surface area contributed by atoms with Gasteiger partial charge in [-0.25, -0.2) is 4.39 Å². The predicted octanol–water partition coefficient (Wildman–Crippen LogP) is 4.95. The van der Waals surface area contributed by atoms with E-state index in [1.807, 2.05) is 29.6 Å². The summed E-state index contributed by atoms with van der Waals surface area (Å²) in [6.07, 6.45) is 0.409. The van der Waals surface area contributed by atoms with E-state index in [1.54, 1.807) is 30.6 Å². The van der Waals surface area contributed by atoms with Crippen LogP contribution in [0.5, 0.6) is 11.5 Å². The summed E-state index contributed by atoms with van der Waals surface area (Å²) in [5, 5.41) is 4.90. The summed E-state index contributed by atoms with van der Waals surface area (Å²) < 4.78 is 24.4. The first-order valence-electron chi connectivity index (χ1n) is 8.56. The van der Waals surface area contributed by atoms with E-state index in [9.17, 15) is 9.18 Å². The van der Waals surface area contributed by atoms with E-state index in [1.165, 1.54) is 12.1 Å². The normalized spacial score (nSPS) is 15.8. The number of benzene rings is 2. The van der Waals surface area contributed by atoms with Crippen molar-refractivity contribution >= 4 is 22.9 Å². The first-order valence-corrected chi connectivity index (χ1v) is 9.44. The third-order valence-electron chi connectivity index (χ3n) is 4.57. The van der Waals surface area contributed by atoms with Gasteiger partial charge in [0.2, 0.25) is 5.91 Å². The molecule has 0 saturated heterocycles. The molecule has 0 aliphatic carbocycles. The molecule has 0 radical (unpaired) electrons. The maximum Gasteiger partial charge on any atom is 0.225 e. The largest absolute Gasteiger partial charge is 0.493 e. The summed E-state index contributed by atoms with van der Waals surface area (Å²) in [5.74, 6) is 0.969. The Hall–Kier alpha value is -2.86. The summed E-state index contributed by atoms with van der Waals surface area (Å²) in [7, 11) is 1.59. The van der Waals surface area contributed by atoms with Crippen molar-refractivity contribution in [1.82, 2.24) is 0 Å². The van der Waals surface area contributed by atoms with Crippen LogP contribution in [-0.2, 0) is 11.4 Å². The molecule has 1 amide bonds. The average Bonchev–Trinajstić information content (AvgIpc) is 3.15. The third-order valence-corrected chi connectivity index (χ3v) is 5.60. The zero-order chi connectivity index (χ0) is 18.8. The molecule has 0 saturated carbocycles. The predicted molar refractivity (Wildman–Crippen MR) is 103 cm³/mol. The smallest absolute Gasteiger partial charge is 0.225 e. The second kappa shape index (κ2) is 7.40. The van der Waals surface area contributed by atoms with E-state index in [0.29, 0.717) is 24.5 Å². The average molecular weight is 383 g/mol. The maximum absolute atomic E-state index is 13.0. The molecule has 3 aromatic rings. The monoisotopic (exact) mass is 383 g/mol. The SMILES string of the molecule is COc1cc(C2CC(=O)Nc3ccsc32)ccc1OCc1ccc(F)cc1. The van der Waals surface area contributed by atoms with Gasteiger partial charge in [-0.1, -0.05) is 18.2 Å². The Morgan fingerprint density at radius 1 is 1.15 bits per heavy atom. The molecule has 1 aliphatic rings. The minimum absolute atomic E-state index is 0.00815. The molecule has 4 nitrogen and oxygen atoms in total. The molecule has 0 bridgehead atoms. The minimum atomic E-state index is -0.273. The topological polar surface area (TPSA) is 47.6 Å². The fourth-order valence-corrected chi connectivity index (χ4v) is 4.18. The van der Waals surface area contributed by atoms with Gasteiger partial charge in [-0.3, -0.25) is 4.79 Å². The van der Waals surface area contributed by atoms with Crippen LogP contribution in [0.4, 0.5) is 10.1 Å². The quantitative estimate of drug-likeness (QED) is 0.678. The lowest BCUT2D eigenvalue weighted by Crippen LogP contribution is -2.21. The molecule has 0 spiro atoms. The highest BCUT2D eigenvalue weighted by Gasteiger charge is 2.28. The summed E-state index contributed by atoms with van der Waals surface area (Å²) in [6.45, 7) is 0.316. The number of amides is 1. The van der Waals surface area contributed by atoms with E-state index in [0.717, 1.165) is 21.7 Å². The molecule has 4 rings (SSSR count). The van der Waals surface area contributed by atoms with Crippen molar-refractivity contribution in [2.45, 2.75) is 18.9 Å². The number of anilines is 1. The molecule has 1 aromatic heterocycles. The van der Waals surface area contributed by atoms with Crippen molar-refractivity contribution in [1.29, 1.82) is 0 Å². The van der Waals surface area contributed by atoms with Gasteiger partial charge in [-0.2, -0.15) is 0 Å². The fraction of sp³-hybridized carbons (Fsp3) is 0.190. The zero-order valence-corrected chi connectivity index (χ0v) is 15.5. The molecular weight excluding hydrogens is 365 g/mol. The molecule has 2 aromatic carbocycles. The van der Waals surface area contributed by atoms with Gasteiger partial charge in [-0.15, -0.1) is 11.3 Å². The van der Waals surface area contributed by atoms with Crippen molar-refractivity contribution in [2.75, 3.05) is 12.4 Å². The van der Waals surface area contributed by atoms with E-state index in [4.69, 9.17) is 9.47 Å². The Bertz CT molecular complexity index is 968. The minimum Gasteiger partial charge on any atom is -0.493 e. The van der Waals surface area contributed by atoms with Crippen molar-refractivity contribution in [3.8, 4) is 11.5 Å². The molecule has 2 heterocycles. The number of nitrogens with one attached hydrogen (secondary N) is 1. The summed E-state index contributed by atoms with van der Waals surface area (Å²) in [5.41, 5.74) is 2.77. The highest BCUT2D eigenvalue weighted by atomic mass is 32.1. The van der Waals surface area contributed by atoms with Gasteiger partial charge in [0.25, 0.3) is 0 Å². The second-order valence-corrected chi connectivity index (χ2v) is 7.28. The van der Waals surface area contributed by atoms with E-state index in [-0.39, 0.29) is 17.6 Å². The molecule has 1 atom stereocenters. The van der Waals surface area contributed by atoms with Crippen molar-refractivity contribution in [3.05, 3.63) is 75.7 Å². The van der Waals surface area contributed by atoms with Crippen LogP contribution in [0.25, 0.3) is 0 Å². The van der Waals surface area contributed by atoms with Crippen LogP contribution in [-0.4, -0.2) is 13.0 Å². The Morgan fingerprint density at radius 2 is 1.96 bits per heavy atom. The Balaban J connectivity index is 1.57. The van der Waals surface area contributed by atoms with Gasteiger partial charge in [0.05, 0.1) is 12.8 Å². The van der Waals surface area contributed by atoms with Crippen LogP contribution in [0.15, 0.2) is 53.9 Å². The molecule has 0 fully saturated rings. The van der Waals surface area contributed by atoms with Crippen LogP contribution in [0.2, 0.25) is 0 Å². The fourth-order valence-electron chi connectivity index (χ4n) is 3.20. The van der Waals surface area contributed by atoms with E-state index >= 15 is 0 Å². The van der Waals surface area contributed by atoms with E-state index in [2.05, 4.69) is 5.32 Å². The third kappa shape index (κ3) is 3.66. The van der Waals surface area contributed by atoms with Gasteiger partial charge >= 0.3 is 0 Å². The Labute approximate surface area is 160 Å². The number of halogens is 1. The summed E-state index contributed by atoms with van der Waals surface area (Å²) in [4.78, 5) is 13.2. The number of carbonyl (C=O) groups is 1. The molecular formula is C21H18FNO3S. The summed E-state index contributed by atoms with van der Waals surface area (Å²) in [6, 6.07) is 13.9. The molecule has 1 N–H and O–H groups in total. The second-order valence-electron chi connectivity index (χ2n) is 6.33. The van der Waals surface area contributed by atoms with Crippen molar-refractivity contribution in [3.63, 3.8) is 0 Å².